The summed E-state index contributed by atoms with van der Waals surface area (Å²) >= 11 is 0. The molecule has 0 aliphatic heterocycles. The van der Waals surface area contributed by atoms with Gasteiger partial charge in [0.1, 0.15) is 0 Å². The first-order valence-corrected chi connectivity index (χ1v) is 15.4. The number of anilines is 2. The molecule has 8 rings (SSSR count). The predicted octanol–water partition coefficient (Wildman–Crippen LogP) is 11.9. The molecule has 1 aliphatic rings. The molecule has 1 heteroatoms. The van der Waals surface area contributed by atoms with Crippen LogP contribution in [0, 0.1) is 0 Å². The molecule has 0 spiro atoms. The van der Waals surface area contributed by atoms with Crippen molar-refractivity contribution in [2.75, 3.05) is 5.32 Å². The van der Waals surface area contributed by atoms with Crippen LogP contribution in [0.1, 0.15) is 25.0 Å². The molecule has 210 valence electrons. The molecular formula is C43H33N. The highest BCUT2D eigenvalue weighted by molar-refractivity contribution is 6.07. The van der Waals surface area contributed by atoms with E-state index in [0.29, 0.717) is 0 Å². The lowest BCUT2D eigenvalue weighted by atomic mass is 9.81. The fraction of sp³-hybridized carbons (Fsp3) is 0.0698. The minimum absolute atomic E-state index is 0.0294. The van der Waals surface area contributed by atoms with Gasteiger partial charge in [-0.1, -0.05) is 153 Å². The Morgan fingerprint density at radius 3 is 1.66 bits per heavy atom. The topological polar surface area (TPSA) is 12.0 Å². The van der Waals surface area contributed by atoms with Crippen molar-refractivity contribution in [3.8, 4) is 44.5 Å². The van der Waals surface area contributed by atoms with Crippen molar-refractivity contribution in [2.24, 2.45) is 0 Å². The first-order valence-electron chi connectivity index (χ1n) is 15.4. The number of hydrogen-bond donors (Lipinski definition) is 1. The first-order chi connectivity index (χ1) is 21.6. The minimum Gasteiger partial charge on any atom is -0.355 e. The van der Waals surface area contributed by atoms with E-state index in [-0.39, 0.29) is 5.41 Å². The molecule has 1 nitrogen and oxygen atoms in total. The molecule has 0 heterocycles. The molecule has 1 aliphatic carbocycles. The minimum atomic E-state index is -0.0294. The lowest BCUT2D eigenvalue weighted by Crippen LogP contribution is -2.14. The van der Waals surface area contributed by atoms with Gasteiger partial charge in [0.05, 0.1) is 0 Å². The highest BCUT2D eigenvalue weighted by atomic mass is 14.9. The molecule has 0 amide bonds. The summed E-state index contributed by atoms with van der Waals surface area (Å²) in [5.41, 5.74) is 15.0. The summed E-state index contributed by atoms with van der Waals surface area (Å²) in [4.78, 5) is 0. The first kappa shape index (κ1) is 26.2. The van der Waals surface area contributed by atoms with Crippen LogP contribution >= 0.6 is 0 Å². The maximum atomic E-state index is 3.80. The second-order valence-electron chi connectivity index (χ2n) is 12.2. The van der Waals surface area contributed by atoms with Gasteiger partial charge in [0.2, 0.25) is 0 Å². The van der Waals surface area contributed by atoms with Crippen LogP contribution in [0.15, 0.2) is 158 Å². The molecule has 0 aromatic heterocycles. The van der Waals surface area contributed by atoms with E-state index in [4.69, 9.17) is 0 Å². The number of rotatable bonds is 5. The summed E-state index contributed by atoms with van der Waals surface area (Å²) in [6.45, 7) is 4.70. The summed E-state index contributed by atoms with van der Waals surface area (Å²) in [5, 5.41) is 6.31. The van der Waals surface area contributed by atoms with Crippen molar-refractivity contribution < 1.29 is 0 Å². The molecule has 0 bridgehead atoms. The van der Waals surface area contributed by atoms with Gasteiger partial charge in [0.25, 0.3) is 0 Å². The van der Waals surface area contributed by atoms with Crippen LogP contribution in [0.4, 0.5) is 11.4 Å². The summed E-state index contributed by atoms with van der Waals surface area (Å²) in [6, 6.07) is 57.1. The lowest BCUT2D eigenvalue weighted by molar-refractivity contribution is 0.660. The van der Waals surface area contributed by atoms with Gasteiger partial charge in [-0.2, -0.15) is 0 Å². The predicted molar refractivity (Wildman–Crippen MR) is 188 cm³/mol. The van der Waals surface area contributed by atoms with Gasteiger partial charge in [0.15, 0.2) is 0 Å². The van der Waals surface area contributed by atoms with E-state index in [1.165, 1.54) is 66.4 Å². The van der Waals surface area contributed by atoms with Crippen molar-refractivity contribution in [3.05, 3.63) is 169 Å². The van der Waals surface area contributed by atoms with E-state index < -0.39 is 0 Å². The number of fused-ring (bicyclic) bond motifs is 4. The highest BCUT2D eigenvalue weighted by Crippen LogP contribution is 2.50. The van der Waals surface area contributed by atoms with Crippen LogP contribution in [-0.2, 0) is 5.41 Å². The molecule has 7 aromatic carbocycles. The molecule has 0 atom stereocenters. The Bertz CT molecular complexity index is 2170. The fourth-order valence-corrected chi connectivity index (χ4v) is 7.09. The smallest absolute Gasteiger partial charge is 0.0464 e. The summed E-state index contributed by atoms with van der Waals surface area (Å²) in [5.74, 6) is 0. The van der Waals surface area contributed by atoms with Crippen LogP contribution < -0.4 is 5.32 Å². The Morgan fingerprint density at radius 1 is 0.364 bits per heavy atom. The normalized spacial score (nSPS) is 13.0. The second kappa shape index (κ2) is 10.4. The summed E-state index contributed by atoms with van der Waals surface area (Å²) < 4.78 is 0. The van der Waals surface area contributed by atoms with Crippen LogP contribution in [0.5, 0.6) is 0 Å². The number of nitrogens with one attached hydrogen (secondary N) is 1. The summed E-state index contributed by atoms with van der Waals surface area (Å²) in [7, 11) is 0. The van der Waals surface area contributed by atoms with Crippen molar-refractivity contribution in [1.29, 1.82) is 0 Å². The monoisotopic (exact) mass is 563 g/mol. The van der Waals surface area contributed by atoms with Crippen molar-refractivity contribution in [1.82, 2.24) is 0 Å². The fourth-order valence-electron chi connectivity index (χ4n) is 7.09. The van der Waals surface area contributed by atoms with E-state index in [1.54, 1.807) is 0 Å². The maximum absolute atomic E-state index is 3.80. The Kier molecular flexibility index (Phi) is 6.20. The number of para-hydroxylation sites is 2. The third-order valence-corrected chi connectivity index (χ3v) is 9.32. The van der Waals surface area contributed by atoms with E-state index in [0.717, 1.165) is 11.4 Å². The zero-order valence-electron chi connectivity index (χ0n) is 25.0. The largest absolute Gasteiger partial charge is 0.355 e. The van der Waals surface area contributed by atoms with Crippen molar-refractivity contribution in [2.45, 2.75) is 19.3 Å². The molecule has 44 heavy (non-hydrogen) atoms. The van der Waals surface area contributed by atoms with Gasteiger partial charge in [-0.3, -0.25) is 0 Å². The zero-order valence-corrected chi connectivity index (χ0v) is 25.0. The molecule has 0 unspecified atom stereocenters. The number of benzene rings is 7. The van der Waals surface area contributed by atoms with Crippen LogP contribution in [0.3, 0.4) is 0 Å². The molecule has 0 radical (unpaired) electrons. The molecule has 0 saturated carbocycles. The van der Waals surface area contributed by atoms with Crippen LogP contribution in [-0.4, -0.2) is 0 Å². The average molecular weight is 564 g/mol. The Balaban J connectivity index is 1.23. The van der Waals surface area contributed by atoms with E-state index in [1.807, 2.05) is 0 Å². The third-order valence-electron chi connectivity index (χ3n) is 9.32. The van der Waals surface area contributed by atoms with Gasteiger partial charge in [-0.25, -0.2) is 0 Å². The SMILES string of the molecule is CC1(C)c2ccccc2-c2ccc(-c3ccc(-c4ccccc4Nc4ccccc4-c4ccccc4)c4ccccc34)cc21. The van der Waals surface area contributed by atoms with Gasteiger partial charge < -0.3 is 5.32 Å². The van der Waals surface area contributed by atoms with Crippen molar-refractivity contribution >= 4 is 22.1 Å². The summed E-state index contributed by atoms with van der Waals surface area (Å²) in [6.07, 6.45) is 0. The molecule has 0 fully saturated rings. The molecular weight excluding hydrogens is 530 g/mol. The van der Waals surface area contributed by atoms with Gasteiger partial charge >= 0.3 is 0 Å². The van der Waals surface area contributed by atoms with Gasteiger partial charge in [-0.15, -0.1) is 0 Å². The second-order valence-corrected chi connectivity index (χ2v) is 12.2. The molecule has 0 saturated heterocycles. The van der Waals surface area contributed by atoms with E-state index in [2.05, 4.69) is 177 Å². The molecule has 1 N–H and O–H groups in total. The highest BCUT2D eigenvalue weighted by Gasteiger charge is 2.35. The van der Waals surface area contributed by atoms with Crippen LogP contribution in [0.2, 0.25) is 0 Å². The lowest BCUT2D eigenvalue weighted by Gasteiger charge is -2.22. The quantitative estimate of drug-likeness (QED) is 0.220. The molecule has 7 aromatic rings. The van der Waals surface area contributed by atoms with E-state index >= 15 is 0 Å². The van der Waals surface area contributed by atoms with Crippen LogP contribution in [0.25, 0.3) is 55.3 Å². The standard InChI is InChI=1S/C43H33N/c1-43(2)39-21-11-8-19-36(39)37-25-24-30(28-40(37)43)31-26-27-35(34-18-7-6-17-33(31)34)38-20-10-13-23-42(38)44-41-22-12-9-16-32(41)29-14-4-3-5-15-29/h3-28,44H,1-2H3. The van der Waals surface area contributed by atoms with E-state index in [9.17, 15) is 0 Å². The Labute approximate surface area is 259 Å². The third kappa shape index (κ3) is 4.24. The number of hydrogen-bond acceptors (Lipinski definition) is 1. The van der Waals surface area contributed by atoms with Crippen molar-refractivity contribution in [3.63, 3.8) is 0 Å². The van der Waals surface area contributed by atoms with Gasteiger partial charge in [-0.05, 0) is 73.5 Å². The Morgan fingerprint density at radius 2 is 0.886 bits per heavy atom. The Hall–Kier alpha value is -5.40. The maximum Gasteiger partial charge on any atom is 0.0464 e. The average Bonchev–Trinajstić information content (AvgIpc) is 3.31. The van der Waals surface area contributed by atoms with Gasteiger partial charge in [0, 0.05) is 27.9 Å². The zero-order chi connectivity index (χ0) is 29.7.